The molecular weight excluding hydrogens is 190 g/mol. The molecule has 0 radical (unpaired) electrons. The van der Waals surface area contributed by atoms with Crippen molar-refractivity contribution in [3.05, 3.63) is 47.8 Å². The van der Waals surface area contributed by atoms with Crippen molar-refractivity contribution >= 4 is 5.97 Å². The molecule has 0 amide bonds. The van der Waals surface area contributed by atoms with Crippen LogP contribution in [-0.4, -0.2) is 16.1 Å². The van der Waals surface area contributed by atoms with Crippen molar-refractivity contribution in [3.63, 3.8) is 0 Å². The molecule has 0 aliphatic carbocycles. The summed E-state index contributed by atoms with van der Waals surface area (Å²) in [6.45, 7) is 1.98. The predicted octanol–water partition coefficient (Wildman–Crippen LogP) is 2.46. The number of aromatic nitrogens is 1. The molecule has 0 bridgehead atoms. The van der Waals surface area contributed by atoms with Crippen molar-refractivity contribution in [2.24, 2.45) is 0 Å². The van der Waals surface area contributed by atoms with Crippen LogP contribution >= 0.6 is 0 Å². The molecule has 1 rings (SSSR count). The van der Waals surface area contributed by atoms with Crippen molar-refractivity contribution in [3.8, 4) is 0 Å². The van der Waals surface area contributed by atoms with E-state index >= 15 is 0 Å². The van der Waals surface area contributed by atoms with E-state index in [1.807, 2.05) is 43.6 Å². The fourth-order valence-corrected chi connectivity index (χ4v) is 1.26. The molecule has 0 aromatic carbocycles. The lowest BCUT2D eigenvalue weighted by molar-refractivity contribution is -0.136. The Morgan fingerprint density at radius 3 is 2.93 bits per heavy atom. The highest BCUT2D eigenvalue weighted by molar-refractivity contribution is 5.67. The molecule has 3 nitrogen and oxygen atoms in total. The normalized spacial score (nSPS) is 9.40. The standard InChI is InChI=1S/C12H15NO2/c1-10-5-3-2-4-8-13-9-11(10)6-7-12(14)15/h2-5,8-9,13H,6-7H2,1H3,(H,14,15). The van der Waals surface area contributed by atoms with Gasteiger partial charge < -0.3 is 10.1 Å². The summed E-state index contributed by atoms with van der Waals surface area (Å²) in [5.41, 5.74) is 2.11. The summed E-state index contributed by atoms with van der Waals surface area (Å²) < 4.78 is 0. The largest absolute Gasteiger partial charge is 0.481 e. The van der Waals surface area contributed by atoms with Crippen LogP contribution in [0.1, 0.15) is 17.5 Å². The first-order valence-corrected chi connectivity index (χ1v) is 4.87. The summed E-state index contributed by atoms with van der Waals surface area (Å²) in [6, 6.07) is 7.73. The predicted molar refractivity (Wildman–Crippen MR) is 59.1 cm³/mol. The smallest absolute Gasteiger partial charge is 0.303 e. The maximum atomic E-state index is 10.5. The number of carbonyl (C=O) groups is 1. The summed E-state index contributed by atoms with van der Waals surface area (Å²) in [4.78, 5) is 13.5. The Balaban J connectivity index is 2.97. The van der Waals surface area contributed by atoms with Gasteiger partial charge in [0.15, 0.2) is 0 Å². The molecule has 0 spiro atoms. The van der Waals surface area contributed by atoms with Gasteiger partial charge in [0.1, 0.15) is 0 Å². The number of hydrogen-bond donors (Lipinski definition) is 2. The first kappa shape index (κ1) is 11.3. The Labute approximate surface area is 89.1 Å². The second-order valence-corrected chi connectivity index (χ2v) is 3.32. The third-order valence-electron chi connectivity index (χ3n) is 2.13. The van der Waals surface area contributed by atoms with E-state index in [9.17, 15) is 4.79 Å². The first-order chi connectivity index (χ1) is 7.20. The van der Waals surface area contributed by atoms with E-state index in [1.54, 1.807) is 0 Å². The van der Waals surface area contributed by atoms with E-state index in [1.165, 1.54) is 0 Å². The number of H-pyrrole nitrogens is 1. The lowest BCUT2D eigenvalue weighted by Crippen LogP contribution is -1.98. The molecule has 0 unspecified atom stereocenters. The van der Waals surface area contributed by atoms with E-state index in [-0.39, 0.29) is 6.42 Å². The molecule has 1 heterocycles. The topological polar surface area (TPSA) is 53.1 Å². The molecular formula is C12H15NO2. The molecule has 0 saturated heterocycles. The minimum absolute atomic E-state index is 0.159. The number of carboxylic acid groups (broad SMARTS) is 1. The second-order valence-electron chi connectivity index (χ2n) is 3.32. The highest BCUT2D eigenvalue weighted by atomic mass is 16.4. The van der Waals surface area contributed by atoms with Crippen molar-refractivity contribution < 1.29 is 9.90 Å². The van der Waals surface area contributed by atoms with Crippen LogP contribution in [0, 0.1) is 6.92 Å². The van der Waals surface area contributed by atoms with Gasteiger partial charge in [-0.1, -0.05) is 18.2 Å². The molecule has 2 N–H and O–H groups in total. The van der Waals surface area contributed by atoms with E-state index in [0.717, 1.165) is 11.1 Å². The minimum Gasteiger partial charge on any atom is -0.481 e. The number of rotatable bonds is 3. The van der Waals surface area contributed by atoms with Gasteiger partial charge >= 0.3 is 5.97 Å². The van der Waals surface area contributed by atoms with Crippen molar-refractivity contribution in [1.82, 2.24) is 4.98 Å². The molecule has 3 heteroatoms. The number of aryl methyl sites for hydroxylation is 2. The van der Waals surface area contributed by atoms with Crippen LogP contribution in [0.4, 0.5) is 0 Å². The fraction of sp³-hybridized carbons (Fsp3) is 0.250. The van der Waals surface area contributed by atoms with Crippen molar-refractivity contribution in [1.29, 1.82) is 0 Å². The zero-order valence-corrected chi connectivity index (χ0v) is 8.73. The van der Waals surface area contributed by atoms with Gasteiger partial charge in [-0.3, -0.25) is 4.79 Å². The Kier molecular flexibility index (Phi) is 4.41. The van der Waals surface area contributed by atoms with Gasteiger partial charge in [-0.2, -0.15) is 0 Å². The molecule has 15 heavy (non-hydrogen) atoms. The average Bonchev–Trinajstić information content (AvgIpc) is 2.28. The molecule has 0 saturated carbocycles. The number of aromatic amines is 1. The van der Waals surface area contributed by atoms with Gasteiger partial charge in [0.2, 0.25) is 0 Å². The van der Waals surface area contributed by atoms with Crippen molar-refractivity contribution in [2.75, 3.05) is 0 Å². The zero-order valence-electron chi connectivity index (χ0n) is 8.73. The van der Waals surface area contributed by atoms with Crippen LogP contribution in [0.3, 0.4) is 0 Å². The molecule has 0 atom stereocenters. The van der Waals surface area contributed by atoms with Crippen LogP contribution in [0.2, 0.25) is 0 Å². The number of hydrogen-bond acceptors (Lipinski definition) is 1. The molecule has 0 aliphatic heterocycles. The first-order valence-electron chi connectivity index (χ1n) is 4.87. The van der Waals surface area contributed by atoms with E-state index in [4.69, 9.17) is 5.11 Å². The fourth-order valence-electron chi connectivity index (χ4n) is 1.26. The number of carboxylic acids is 1. The second kappa shape index (κ2) is 5.86. The highest BCUT2D eigenvalue weighted by Gasteiger charge is 1.99. The van der Waals surface area contributed by atoms with Gasteiger partial charge in [0, 0.05) is 18.8 Å². The molecule has 1 aromatic rings. The summed E-state index contributed by atoms with van der Waals surface area (Å²) in [6.07, 6.45) is 4.36. The zero-order chi connectivity index (χ0) is 11.1. The Morgan fingerprint density at radius 1 is 1.40 bits per heavy atom. The van der Waals surface area contributed by atoms with E-state index in [0.29, 0.717) is 6.42 Å². The van der Waals surface area contributed by atoms with Crippen LogP contribution < -0.4 is 0 Å². The van der Waals surface area contributed by atoms with Crippen molar-refractivity contribution in [2.45, 2.75) is 19.8 Å². The molecule has 1 aromatic heterocycles. The summed E-state index contributed by atoms with van der Waals surface area (Å²) in [5.74, 6) is -0.769. The Bertz CT molecular complexity index is 381. The van der Waals surface area contributed by atoms with Gasteiger partial charge in [-0.05, 0) is 30.5 Å². The number of nitrogens with one attached hydrogen (secondary N) is 1. The monoisotopic (exact) mass is 205 g/mol. The summed E-state index contributed by atoms with van der Waals surface area (Å²) in [7, 11) is 0. The number of aliphatic carboxylic acids is 1. The van der Waals surface area contributed by atoms with E-state index in [2.05, 4.69) is 4.98 Å². The van der Waals surface area contributed by atoms with Gasteiger partial charge in [0.25, 0.3) is 0 Å². The highest BCUT2D eigenvalue weighted by Crippen LogP contribution is 2.06. The van der Waals surface area contributed by atoms with Gasteiger partial charge in [0.05, 0.1) is 0 Å². The average molecular weight is 205 g/mol. The maximum absolute atomic E-state index is 10.5. The lowest BCUT2D eigenvalue weighted by atomic mass is 10.1. The summed E-state index contributed by atoms with van der Waals surface area (Å²) in [5, 5.41) is 8.62. The Morgan fingerprint density at radius 2 is 2.20 bits per heavy atom. The minimum atomic E-state index is -0.769. The van der Waals surface area contributed by atoms with Crippen LogP contribution in [0.5, 0.6) is 0 Å². The van der Waals surface area contributed by atoms with E-state index < -0.39 is 5.97 Å². The van der Waals surface area contributed by atoms with Crippen LogP contribution in [0.15, 0.2) is 36.7 Å². The van der Waals surface area contributed by atoms with Gasteiger partial charge in [-0.25, -0.2) is 0 Å². The Hall–Kier alpha value is -1.77. The lowest BCUT2D eigenvalue weighted by Gasteiger charge is -1.99. The quantitative estimate of drug-likeness (QED) is 0.796. The van der Waals surface area contributed by atoms with Crippen LogP contribution in [-0.2, 0) is 11.2 Å². The SMILES string of the molecule is Cc1ccccc[nH]cc1CCC(=O)O. The molecule has 0 aliphatic rings. The third kappa shape index (κ3) is 4.31. The summed E-state index contributed by atoms with van der Waals surface area (Å²) >= 11 is 0. The maximum Gasteiger partial charge on any atom is 0.303 e. The van der Waals surface area contributed by atoms with Gasteiger partial charge in [-0.15, -0.1) is 0 Å². The molecule has 80 valence electrons. The van der Waals surface area contributed by atoms with Crippen LogP contribution in [0.25, 0.3) is 0 Å². The molecule has 0 fully saturated rings. The third-order valence-corrected chi connectivity index (χ3v) is 2.13.